The van der Waals surface area contributed by atoms with Gasteiger partial charge in [-0.2, -0.15) is 10.2 Å². The number of rotatable bonds is 2. The Morgan fingerprint density at radius 3 is 2.62 bits per heavy atom. The van der Waals surface area contributed by atoms with Gasteiger partial charge in [-0.1, -0.05) is 35.5 Å². The summed E-state index contributed by atoms with van der Waals surface area (Å²) in [7, 11) is 0. The minimum atomic E-state index is -0.606. The summed E-state index contributed by atoms with van der Waals surface area (Å²) >= 11 is 0. The van der Waals surface area contributed by atoms with Crippen molar-refractivity contribution in [3.63, 3.8) is 0 Å². The second-order valence-electron chi connectivity index (χ2n) is 4.51. The molecule has 5 heteroatoms. The maximum atomic E-state index is 13.6. The maximum absolute atomic E-state index is 13.6. The van der Waals surface area contributed by atoms with Crippen LogP contribution in [0.4, 0.5) is 4.39 Å². The highest BCUT2D eigenvalue weighted by atomic mass is 19.1. The molecule has 3 rings (SSSR count). The molecular weight excluding hydrogens is 269 g/mol. The van der Waals surface area contributed by atoms with Crippen LogP contribution in [0.25, 0.3) is 22.8 Å². The summed E-state index contributed by atoms with van der Waals surface area (Å²) in [6, 6.07) is 13.7. The van der Waals surface area contributed by atoms with Crippen molar-refractivity contribution in [2.24, 2.45) is 0 Å². The van der Waals surface area contributed by atoms with Gasteiger partial charge in [-0.15, -0.1) is 0 Å². The lowest BCUT2D eigenvalue weighted by Gasteiger charge is -1.99. The molecule has 0 aliphatic rings. The minimum absolute atomic E-state index is 0.0996. The molecule has 0 amide bonds. The molecule has 0 aliphatic heterocycles. The van der Waals surface area contributed by atoms with Crippen LogP contribution in [-0.4, -0.2) is 10.1 Å². The molecule has 3 aromatic rings. The van der Waals surface area contributed by atoms with Crippen LogP contribution in [-0.2, 0) is 0 Å². The van der Waals surface area contributed by atoms with E-state index in [2.05, 4.69) is 10.1 Å². The molecule has 0 unspecified atom stereocenters. The third-order valence-electron chi connectivity index (χ3n) is 3.17. The van der Waals surface area contributed by atoms with E-state index in [1.165, 1.54) is 12.1 Å². The first-order valence-corrected chi connectivity index (χ1v) is 6.29. The standard InChI is InChI=1S/C16H10FN3O/c1-10-5-2-3-6-11(10)15-19-16(21-20-15)12-7-4-8-14(17)13(12)9-18/h2-8H,1H3. The minimum Gasteiger partial charge on any atom is -0.334 e. The van der Waals surface area contributed by atoms with Crippen LogP contribution in [0.15, 0.2) is 47.0 Å². The molecule has 21 heavy (non-hydrogen) atoms. The summed E-state index contributed by atoms with van der Waals surface area (Å²) in [6.45, 7) is 1.94. The highest BCUT2D eigenvalue weighted by molar-refractivity contribution is 5.66. The lowest BCUT2D eigenvalue weighted by Crippen LogP contribution is -1.90. The SMILES string of the molecule is Cc1ccccc1-c1noc(-c2cccc(F)c2C#N)n1. The van der Waals surface area contributed by atoms with Crippen LogP contribution in [0.2, 0.25) is 0 Å². The third kappa shape index (κ3) is 2.28. The molecule has 1 heterocycles. The van der Waals surface area contributed by atoms with Crippen LogP contribution in [0.5, 0.6) is 0 Å². The average molecular weight is 279 g/mol. The van der Waals surface area contributed by atoms with Gasteiger partial charge in [0.05, 0.1) is 5.56 Å². The molecule has 0 N–H and O–H groups in total. The number of benzene rings is 2. The third-order valence-corrected chi connectivity index (χ3v) is 3.17. The van der Waals surface area contributed by atoms with Gasteiger partial charge in [0.2, 0.25) is 5.82 Å². The van der Waals surface area contributed by atoms with Crippen LogP contribution >= 0.6 is 0 Å². The first-order valence-electron chi connectivity index (χ1n) is 6.29. The van der Waals surface area contributed by atoms with Crippen molar-refractivity contribution in [3.05, 3.63) is 59.4 Å². The van der Waals surface area contributed by atoms with Crippen LogP contribution in [0.1, 0.15) is 11.1 Å². The van der Waals surface area contributed by atoms with E-state index in [9.17, 15) is 4.39 Å². The van der Waals surface area contributed by atoms with Gasteiger partial charge in [0.25, 0.3) is 5.89 Å². The van der Waals surface area contributed by atoms with Crippen molar-refractivity contribution >= 4 is 0 Å². The van der Waals surface area contributed by atoms with E-state index >= 15 is 0 Å². The summed E-state index contributed by atoms with van der Waals surface area (Å²) in [5, 5.41) is 13.0. The molecule has 0 aliphatic carbocycles. The molecule has 1 aromatic heterocycles. The van der Waals surface area contributed by atoms with E-state index in [-0.39, 0.29) is 11.5 Å². The lowest BCUT2D eigenvalue weighted by molar-refractivity contribution is 0.432. The Labute approximate surface area is 120 Å². The van der Waals surface area contributed by atoms with Crippen molar-refractivity contribution in [3.8, 4) is 28.9 Å². The Bertz CT molecular complexity index is 849. The molecule has 0 atom stereocenters. The second-order valence-corrected chi connectivity index (χ2v) is 4.51. The van der Waals surface area contributed by atoms with E-state index < -0.39 is 5.82 Å². The zero-order valence-corrected chi connectivity index (χ0v) is 11.2. The van der Waals surface area contributed by atoms with E-state index in [1.807, 2.05) is 37.3 Å². The number of hydrogen-bond donors (Lipinski definition) is 0. The molecular formula is C16H10FN3O. The topological polar surface area (TPSA) is 62.7 Å². The molecule has 0 fully saturated rings. The normalized spacial score (nSPS) is 10.3. The van der Waals surface area contributed by atoms with Crippen molar-refractivity contribution in [1.82, 2.24) is 10.1 Å². The first-order chi connectivity index (χ1) is 10.2. The molecule has 4 nitrogen and oxygen atoms in total. The van der Waals surface area contributed by atoms with Gasteiger partial charge < -0.3 is 4.52 Å². The van der Waals surface area contributed by atoms with Gasteiger partial charge in [0.15, 0.2) is 0 Å². The Kier molecular flexibility index (Phi) is 3.20. The fraction of sp³-hybridized carbons (Fsp3) is 0.0625. The molecule has 0 radical (unpaired) electrons. The molecule has 0 bridgehead atoms. The van der Waals surface area contributed by atoms with E-state index in [1.54, 1.807) is 6.07 Å². The van der Waals surface area contributed by atoms with Crippen LogP contribution in [0.3, 0.4) is 0 Å². The number of aryl methyl sites for hydroxylation is 1. The number of aromatic nitrogens is 2. The smallest absolute Gasteiger partial charge is 0.259 e. The Morgan fingerprint density at radius 1 is 1.10 bits per heavy atom. The van der Waals surface area contributed by atoms with Gasteiger partial charge in [-0.3, -0.25) is 0 Å². The average Bonchev–Trinajstić information content (AvgIpc) is 2.97. The van der Waals surface area contributed by atoms with Crippen molar-refractivity contribution in [2.75, 3.05) is 0 Å². The number of hydrogen-bond acceptors (Lipinski definition) is 4. The first kappa shape index (κ1) is 13.0. The van der Waals surface area contributed by atoms with Gasteiger partial charge in [-0.25, -0.2) is 4.39 Å². The van der Waals surface area contributed by atoms with Gasteiger partial charge >= 0.3 is 0 Å². The molecule has 102 valence electrons. The van der Waals surface area contributed by atoms with Gasteiger partial charge in [-0.05, 0) is 24.6 Å². The number of nitriles is 1. The zero-order valence-electron chi connectivity index (χ0n) is 11.2. The van der Waals surface area contributed by atoms with Crippen LogP contribution in [0, 0.1) is 24.1 Å². The van der Waals surface area contributed by atoms with E-state index in [0.29, 0.717) is 11.4 Å². The second kappa shape index (κ2) is 5.17. The van der Waals surface area contributed by atoms with Crippen molar-refractivity contribution in [1.29, 1.82) is 5.26 Å². The predicted octanol–water partition coefficient (Wildman–Crippen LogP) is 3.72. The monoisotopic (exact) mass is 279 g/mol. The Morgan fingerprint density at radius 2 is 1.86 bits per heavy atom. The van der Waals surface area contributed by atoms with E-state index in [0.717, 1.165) is 11.1 Å². The largest absolute Gasteiger partial charge is 0.334 e. The highest BCUT2D eigenvalue weighted by Crippen LogP contribution is 2.27. The summed E-state index contributed by atoms with van der Waals surface area (Å²) in [6.07, 6.45) is 0. The summed E-state index contributed by atoms with van der Waals surface area (Å²) in [5.41, 5.74) is 2.04. The Balaban J connectivity index is 2.10. The van der Waals surface area contributed by atoms with Gasteiger partial charge in [0.1, 0.15) is 17.4 Å². The number of halogens is 1. The fourth-order valence-electron chi connectivity index (χ4n) is 2.08. The van der Waals surface area contributed by atoms with Gasteiger partial charge in [0, 0.05) is 5.56 Å². The molecule has 0 spiro atoms. The van der Waals surface area contributed by atoms with E-state index in [4.69, 9.17) is 9.78 Å². The van der Waals surface area contributed by atoms with Crippen molar-refractivity contribution in [2.45, 2.75) is 6.92 Å². The Hall–Kier alpha value is -3.00. The molecule has 0 saturated heterocycles. The predicted molar refractivity (Wildman–Crippen MR) is 74.6 cm³/mol. The number of nitrogens with zero attached hydrogens (tertiary/aromatic N) is 3. The molecule has 2 aromatic carbocycles. The summed E-state index contributed by atoms with van der Waals surface area (Å²) < 4.78 is 18.8. The zero-order chi connectivity index (χ0) is 14.8. The molecule has 0 saturated carbocycles. The van der Waals surface area contributed by atoms with Crippen molar-refractivity contribution < 1.29 is 8.91 Å². The fourth-order valence-corrected chi connectivity index (χ4v) is 2.08. The summed E-state index contributed by atoms with van der Waals surface area (Å²) in [5.74, 6) is -0.0637. The highest BCUT2D eigenvalue weighted by Gasteiger charge is 2.17. The maximum Gasteiger partial charge on any atom is 0.259 e. The summed E-state index contributed by atoms with van der Waals surface area (Å²) in [4.78, 5) is 4.27. The quantitative estimate of drug-likeness (QED) is 0.717. The van der Waals surface area contributed by atoms with Crippen LogP contribution < -0.4 is 0 Å². The lowest BCUT2D eigenvalue weighted by atomic mass is 10.1.